The molecule has 0 aromatic carbocycles. The number of hydrogen-bond donors (Lipinski definition) is 0. The van der Waals surface area contributed by atoms with Crippen molar-refractivity contribution >= 4 is 18.0 Å². The van der Waals surface area contributed by atoms with Gasteiger partial charge < -0.3 is 9.57 Å². The van der Waals surface area contributed by atoms with Crippen molar-refractivity contribution in [1.29, 1.82) is 0 Å². The number of oxime groups is 1. The Labute approximate surface area is 70.3 Å². The molecule has 0 radical (unpaired) electrons. The van der Waals surface area contributed by atoms with Crippen LogP contribution in [0.15, 0.2) is 5.16 Å². The molecule has 0 saturated heterocycles. The quantitative estimate of drug-likeness (QED) is 0.257. The molecule has 0 aromatic heterocycles. The standard InChI is InChI=1S/C7H11NO4/c1-6(9)5-7(10)12-4-3-8-11-2/h3H,4-5H2,1-2H3/b8-3-. The summed E-state index contributed by atoms with van der Waals surface area (Å²) in [5.41, 5.74) is 0. The zero-order valence-electron chi connectivity index (χ0n) is 7.07. The van der Waals surface area contributed by atoms with Crippen molar-refractivity contribution in [2.24, 2.45) is 5.16 Å². The Morgan fingerprint density at radius 1 is 1.50 bits per heavy atom. The minimum absolute atomic E-state index is 0.0277. The first kappa shape index (κ1) is 10.6. The lowest BCUT2D eigenvalue weighted by atomic mass is 10.3. The van der Waals surface area contributed by atoms with Crippen LogP contribution in [0.25, 0.3) is 0 Å². The van der Waals surface area contributed by atoms with E-state index < -0.39 is 5.97 Å². The van der Waals surface area contributed by atoms with Gasteiger partial charge in [0.25, 0.3) is 0 Å². The van der Waals surface area contributed by atoms with E-state index in [0.717, 1.165) is 0 Å². The molecule has 5 nitrogen and oxygen atoms in total. The molecule has 5 heteroatoms. The Kier molecular flexibility index (Phi) is 5.60. The van der Waals surface area contributed by atoms with Crippen LogP contribution in [0.1, 0.15) is 13.3 Å². The summed E-state index contributed by atoms with van der Waals surface area (Å²) in [4.78, 5) is 25.4. The van der Waals surface area contributed by atoms with E-state index in [1.807, 2.05) is 0 Å². The maximum absolute atomic E-state index is 10.7. The first-order valence-electron chi connectivity index (χ1n) is 3.37. The van der Waals surface area contributed by atoms with E-state index in [9.17, 15) is 9.59 Å². The lowest BCUT2D eigenvalue weighted by Gasteiger charge is -1.97. The largest absolute Gasteiger partial charge is 0.459 e. The highest BCUT2D eigenvalue weighted by atomic mass is 16.6. The van der Waals surface area contributed by atoms with E-state index in [4.69, 9.17) is 0 Å². The molecule has 0 amide bonds. The van der Waals surface area contributed by atoms with Crippen LogP contribution in [0, 0.1) is 0 Å². The maximum atomic E-state index is 10.7. The number of esters is 1. The minimum atomic E-state index is -0.551. The summed E-state index contributed by atoms with van der Waals surface area (Å²) < 4.78 is 4.57. The van der Waals surface area contributed by atoms with Crippen molar-refractivity contribution in [3.8, 4) is 0 Å². The summed E-state index contributed by atoms with van der Waals surface area (Å²) in [5, 5.41) is 3.34. The second-order valence-electron chi connectivity index (χ2n) is 2.03. The average Bonchev–Trinajstić information content (AvgIpc) is 1.97. The third kappa shape index (κ3) is 6.73. The molecule has 0 fully saturated rings. The number of ether oxygens (including phenoxy) is 1. The second kappa shape index (κ2) is 6.33. The van der Waals surface area contributed by atoms with Gasteiger partial charge in [0, 0.05) is 0 Å². The van der Waals surface area contributed by atoms with Crippen LogP contribution >= 0.6 is 0 Å². The van der Waals surface area contributed by atoms with Crippen molar-refractivity contribution in [3.05, 3.63) is 0 Å². The summed E-state index contributed by atoms with van der Waals surface area (Å²) in [6.45, 7) is 1.35. The topological polar surface area (TPSA) is 65.0 Å². The van der Waals surface area contributed by atoms with Gasteiger partial charge in [-0.2, -0.15) is 0 Å². The molecule has 0 N–H and O–H groups in total. The third-order valence-corrected chi connectivity index (χ3v) is 0.892. The third-order valence-electron chi connectivity index (χ3n) is 0.892. The molecule has 0 spiro atoms. The molecule has 0 aromatic rings. The summed E-state index contributed by atoms with van der Waals surface area (Å²) in [5.74, 6) is -0.770. The molecular weight excluding hydrogens is 162 g/mol. The summed E-state index contributed by atoms with van der Waals surface area (Å²) in [6.07, 6.45) is 1.10. The summed E-state index contributed by atoms with van der Waals surface area (Å²) >= 11 is 0. The molecule has 0 rings (SSSR count). The number of carbonyl (C=O) groups excluding carboxylic acids is 2. The zero-order chi connectivity index (χ0) is 9.40. The number of Topliss-reactive ketones (excluding diaryl/α,β-unsaturated/α-hetero) is 1. The van der Waals surface area contributed by atoms with Crippen LogP contribution in [0.3, 0.4) is 0 Å². The van der Waals surface area contributed by atoms with Gasteiger partial charge in [-0.15, -0.1) is 0 Å². The Balaban J connectivity index is 3.44. The molecule has 0 atom stereocenters. The van der Waals surface area contributed by atoms with Gasteiger partial charge >= 0.3 is 5.97 Å². The van der Waals surface area contributed by atoms with Gasteiger partial charge in [-0.05, 0) is 6.92 Å². The van der Waals surface area contributed by atoms with Gasteiger partial charge in [0.1, 0.15) is 25.9 Å². The predicted molar refractivity (Wildman–Crippen MR) is 41.8 cm³/mol. The van der Waals surface area contributed by atoms with Gasteiger partial charge in [0.2, 0.25) is 0 Å². The Morgan fingerprint density at radius 3 is 2.67 bits per heavy atom. The Bertz CT molecular complexity index is 188. The van der Waals surface area contributed by atoms with Crippen LogP contribution in [-0.4, -0.2) is 31.7 Å². The number of ketones is 1. The normalized spacial score (nSPS) is 9.83. The molecular formula is C7H11NO4. The van der Waals surface area contributed by atoms with E-state index in [1.165, 1.54) is 20.2 Å². The van der Waals surface area contributed by atoms with Gasteiger partial charge in [0.15, 0.2) is 0 Å². The fourth-order valence-corrected chi connectivity index (χ4v) is 0.489. The minimum Gasteiger partial charge on any atom is -0.459 e. The highest BCUT2D eigenvalue weighted by Crippen LogP contribution is 1.86. The molecule has 0 unspecified atom stereocenters. The fourth-order valence-electron chi connectivity index (χ4n) is 0.489. The van der Waals surface area contributed by atoms with Crippen LogP contribution < -0.4 is 0 Å². The number of rotatable bonds is 5. The SMILES string of the molecule is CO/N=C\COC(=O)CC(C)=O. The lowest BCUT2D eigenvalue weighted by Crippen LogP contribution is -2.10. The molecule has 12 heavy (non-hydrogen) atoms. The van der Waals surface area contributed by atoms with Gasteiger partial charge in [-0.3, -0.25) is 9.59 Å². The van der Waals surface area contributed by atoms with E-state index in [-0.39, 0.29) is 18.8 Å². The molecule has 0 aliphatic rings. The Hall–Kier alpha value is -1.39. The second-order valence-corrected chi connectivity index (χ2v) is 2.03. The molecule has 0 aliphatic carbocycles. The number of nitrogens with zero attached hydrogens (tertiary/aromatic N) is 1. The van der Waals surface area contributed by atoms with Gasteiger partial charge in [0.05, 0.1) is 6.21 Å². The van der Waals surface area contributed by atoms with Crippen molar-refractivity contribution in [1.82, 2.24) is 0 Å². The van der Waals surface area contributed by atoms with E-state index in [2.05, 4.69) is 14.7 Å². The molecule has 0 saturated carbocycles. The highest BCUT2D eigenvalue weighted by Gasteiger charge is 2.04. The summed E-state index contributed by atoms with van der Waals surface area (Å²) in [7, 11) is 1.38. The molecule has 0 bridgehead atoms. The van der Waals surface area contributed by atoms with E-state index >= 15 is 0 Å². The van der Waals surface area contributed by atoms with Gasteiger partial charge in [-0.1, -0.05) is 5.16 Å². The number of carbonyl (C=O) groups is 2. The first-order chi connectivity index (χ1) is 5.66. The zero-order valence-corrected chi connectivity index (χ0v) is 7.07. The van der Waals surface area contributed by atoms with E-state index in [1.54, 1.807) is 0 Å². The van der Waals surface area contributed by atoms with Crippen molar-refractivity contribution in [2.45, 2.75) is 13.3 Å². The van der Waals surface area contributed by atoms with Crippen molar-refractivity contribution < 1.29 is 19.2 Å². The maximum Gasteiger partial charge on any atom is 0.313 e. The van der Waals surface area contributed by atoms with Crippen LogP contribution in [0.5, 0.6) is 0 Å². The lowest BCUT2D eigenvalue weighted by molar-refractivity contribution is -0.144. The monoisotopic (exact) mass is 173 g/mol. The van der Waals surface area contributed by atoms with E-state index in [0.29, 0.717) is 0 Å². The first-order valence-corrected chi connectivity index (χ1v) is 3.37. The predicted octanol–water partition coefficient (Wildman–Crippen LogP) is 0.141. The van der Waals surface area contributed by atoms with Crippen LogP contribution in [0.2, 0.25) is 0 Å². The smallest absolute Gasteiger partial charge is 0.313 e. The molecule has 68 valence electrons. The van der Waals surface area contributed by atoms with Crippen molar-refractivity contribution in [3.63, 3.8) is 0 Å². The Morgan fingerprint density at radius 2 is 2.17 bits per heavy atom. The van der Waals surface area contributed by atoms with Crippen molar-refractivity contribution in [2.75, 3.05) is 13.7 Å². The van der Waals surface area contributed by atoms with Crippen LogP contribution in [-0.2, 0) is 19.2 Å². The number of hydrogen-bond acceptors (Lipinski definition) is 5. The average molecular weight is 173 g/mol. The fraction of sp³-hybridized carbons (Fsp3) is 0.571. The van der Waals surface area contributed by atoms with Crippen LogP contribution in [0.4, 0.5) is 0 Å². The highest BCUT2D eigenvalue weighted by molar-refractivity contribution is 5.94. The molecule has 0 aliphatic heterocycles. The van der Waals surface area contributed by atoms with Gasteiger partial charge in [-0.25, -0.2) is 0 Å². The molecule has 0 heterocycles. The summed E-state index contributed by atoms with van der Waals surface area (Å²) in [6, 6.07) is 0.